The molecule has 0 spiro atoms. The Hall–Kier alpha value is -4.08. The molecule has 0 saturated carbocycles. The van der Waals surface area contributed by atoms with E-state index < -0.39 is 11.2 Å². The Balaban J connectivity index is 1.63. The number of rotatable bonds is 5. The Morgan fingerprint density at radius 1 is 1.25 bits per heavy atom. The quantitative estimate of drug-likeness (QED) is 0.485. The number of nitrogens with zero attached hydrogens (tertiary/aromatic N) is 6. The van der Waals surface area contributed by atoms with Gasteiger partial charge in [-0.25, -0.2) is 23.4 Å². The lowest BCUT2D eigenvalue weighted by Gasteiger charge is -2.17. The number of aromatic nitrogens is 6. The number of hydrogen-bond donors (Lipinski definition) is 1. The lowest BCUT2D eigenvalue weighted by atomic mass is 9.85. The number of pyridine rings is 1. The maximum absolute atomic E-state index is 14.2. The predicted octanol–water partition coefficient (Wildman–Crippen LogP) is 3.40. The number of allylic oxidation sites excluding steroid dienone is 1. The predicted molar refractivity (Wildman–Crippen MR) is 113 cm³/mol. The van der Waals surface area contributed by atoms with Crippen LogP contribution in [0, 0.1) is 11.6 Å². The summed E-state index contributed by atoms with van der Waals surface area (Å²) in [5.74, 6) is -0.847. The second-order valence-corrected chi connectivity index (χ2v) is 7.73. The van der Waals surface area contributed by atoms with Gasteiger partial charge in [0.1, 0.15) is 23.0 Å². The van der Waals surface area contributed by atoms with E-state index in [-0.39, 0.29) is 35.6 Å². The first kappa shape index (κ1) is 19.9. The summed E-state index contributed by atoms with van der Waals surface area (Å²) in [7, 11) is 0. The molecule has 4 aromatic rings. The summed E-state index contributed by atoms with van der Waals surface area (Å²) in [6, 6.07) is 7.56. The molecule has 1 aliphatic rings. The van der Waals surface area contributed by atoms with Crippen LogP contribution >= 0.6 is 0 Å². The first-order valence-corrected chi connectivity index (χ1v) is 9.84. The summed E-state index contributed by atoms with van der Waals surface area (Å²) < 4.78 is 29.7. The van der Waals surface area contributed by atoms with Crippen LogP contribution in [0.15, 0.2) is 49.2 Å². The van der Waals surface area contributed by atoms with E-state index in [0.29, 0.717) is 28.7 Å². The molecule has 1 aliphatic heterocycles. The van der Waals surface area contributed by atoms with Gasteiger partial charge in [0.05, 0.1) is 23.5 Å². The lowest BCUT2D eigenvalue weighted by molar-refractivity contribution is -0.120. The van der Waals surface area contributed by atoms with Crippen molar-refractivity contribution in [2.45, 2.75) is 25.3 Å². The largest absolute Gasteiger partial charge is 0.308 e. The van der Waals surface area contributed by atoms with E-state index in [2.05, 4.69) is 37.2 Å². The average molecular weight is 433 g/mol. The van der Waals surface area contributed by atoms with E-state index in [9.17, 15) is 13.6 Å². The molecule has 0 radical (unpaired) electrons. The third-order valence-corrected chi connectivity index (χ3v) is 5.54. The molecule has 0 aliphatic carbocycles. The zero-order valence-corrected chi connectivity index (χ0v) is 17.0. The first-order chi connectivity index (χ1) is 15.4. The van der Waals surface area contributed by atoms with Crippen molar-refractivity contribution in [3.05, 3.63) is 72.1 Å². The molecule has 10 heteroatoms. The highest BCUT2D eigenvalue weighted by atomic mass is 19.1. The minimum atomic E-state index is -0.921. The number of carbonyl (C=O) groups excluding carboxylic acids is 1. The Morgan fingerprint density at radius 2 is 2.06 bits per heavy atom. The van der Waals surface area contributed by atoms with E-state index in [4.69, 9.17) is 0 Å². The minimum absolute atomic E-state index is 0.0777. The van der Waals surface area contributed by atoms with Crippen molar-refractivity contribution in [1.82, 2.24) is 29.9 Å². The zero-order chi connectivity index (χ0) is 22.5. The van der Waals surface area contributed by atoms with Gasteiger partial charge in [0.25, 0.3) is 0 Å². The Morgan fingerprint density at radius 3 is 2.84 bits per heavy atom. The standard InChI is InChI=1S/C22H17F2N7O/c1-3-8-22(2)17-19(27-21(22)32)26-18(29-28-17)16-14-9-13(23)10-25-20(14)31(30-16)11-12-6-4-5-7-15(12)24/h3-7,9-10H,1,8,11H2,2H3,(H,26,27,29,32). The zero-order valence-electron chi connectivity index (χ0n) is 17.0. The van der Waals surface area contributed by atoms with Gasteiger partial charge in [-0.2, -0.15) is 5.10 Å². The first-order valence-electron chi connectivity index (χ1n) is 9.84. The molecule has 0 saturated heterocycles. The average Bonchev–Trinajstić information content (AvgIpc) is 3.24. The van der Waals surface area contributed by atoms with Crippen molar-refractivity contribution in [2.75, 3.05) is 5.32 Å². The SMILES string of the molecule is C=CCC1(C)C(=O)Nc2nc(-c3nn(Cc4ccccc4F)c4ncc(F)cc34)nnc21. The number of fused-ring (bicyclic) bond motifs is 2. The third kappa shape index (κ3) is 3.03. The van der Waals surface area contributed by atoms with Crippen LogP contribution < -0.4 is 5.32 Å². The summed E-state index contributed by atoms with van der Waals surface area (Å²) in [4.78, 5) is 21.1. The highest BCUT2D eigenvalue weighted by molar-refractivity contribution is 6.04. The van der Waals surface area contributed by atoms with Crippen molar-refractivity contribution in [2.24, 2.45) is 0 Å². The summed E-state index contributed by atoms with van der Waals surface area (Å²) in [5.41, 5.74) is 0.454. The Kier molecular flexibility index (Phi) is 4.50. The second-order valence-electron chi connectivity index (χ2n) is 7.73. The number of carbonyl (C=O) groups is 1. The number of hydrogen-bond acceptors (Lipinski definition) is 6. The molecule has 160 valence electrons. The smallest absolute Gasteiger partial charge is 0.238 e. The number of benzene rings is 1. The molecule has 0 fully saturated rings. The summed E-state index contributed by atoms with van der Waals surface area (Å²) in [5, 5.41) is 15.9. The summed E-state index contributed by atoms with van der Waals surface area (Å²) in [6.07, 6.45) is 3.07. The van der Waals surface area contributed by atoms with Gasteiger partial charge in [0.2, 0.25) is 11.7 Å². The van der Waals surface area contributed by atoms with Gasteiger partial charge in [-0.15, -0.1) is 16.8 Å². The van der Waals surface area contributed by atoms with Gasteiger partial charge in [-0.3, -0.25) is 4.79 Å². The molecule has 4 heterocycles. The number of nitrogens with one attached hydrogen (secondary N) is 1. The van der Waals surface area contributed by atoms with Crippen LogP contribution in [0.1, 0.15) is 24.6 Å². The van der Waals surface area contributed by atoms with Crippen LogP contribution in [0.4, 0.5) is 14.6 Å². The molecule has 1 atom stereocenters. The van der Waals surface area contributed by atoms with Crippen molar-refractivity contribution < 1.29 is 13.6 Å². The third-order valence-electron chi connectivity index (χ3n) is 5.54. The molecule has 0 bridgehead atoms. The van der Waals surface area contributed by atoms with Gasteiger partial charge < -0.3 is 5.32 Å². The van der Waals surface area contributed by atoms with E-state index in [1.807, 2.05) is 0 Å². The van der Waals surface area contributed by atoms with Crippen molar-refractivity contribution in [1.29, 1.82) is 0 Å². The van der Waals surface area contributed by atoms with E-state index in [1.54, 1.807) is 31.2 Å². The molecular formula is C22H17F2N7O. The normalized spacial score (nSPS) is 17.4. The monoisotopic (exact) mass is 433 g/mol. The molecule has 1 amide bonds. The molecule has 8 nitrogen and oxygen atoms in total. The van der Waals surface area contributed by atoms with Gasteiger partial charge in [0.15, 0.2) is 11.5 Å². The van der Waals surface area contributed by atoms with Crippen molar-refractivity contribution in [3.63, 3.8) is 0 Å². The van der Waals surface area contributed by atoms with Crippen LogP contribution in [0.5, 0.6) is 0 Å². The van der Waals surface area contributed by atoms with Crippen LogP contribution in [-0.2, 0) is 16.8 Å². The Bertz CT molecular complexity index is 1400. The van der Waals surface area contributed by atoms with Crippen LogP contribution in [-0.4, -0.2) is 35.9 Å². The number of anilines is 1. The summed E-state index contributed by atoms with van der Waals surface area (Å²) >= 11 is 0. The van der Waals surface area contributed by atoms with Crippen molar-refractivity contribution in [3.8, 4) is 11.5 Å². The molecule has 1 unspecified atom stereocenters. The van der Waals surface area contributed by atoms with Gasteiger partial charge in [0, 0.05) is 5.56 Å². The fourth-order valence-corrected chi connectivity index (χ4v) is 3.81. The molecule has 5 rings (SSSR count). The summed E-state index contributed by atoms with van der Waals surface area (Å²) in [6.45, 7) is 5.51. The topological polar surface area (TPSA) is 98.5 Å². The molecular weight excluding hydrogens is 416 g/mol. The maximum Gasteiger partial charge on any atom is 0.238 e. The highest BCUT2D eigenvalue weighted by Crippen LogP contribution is 2.38. The van der Waals surface area contributed by atoms with Gasteiger partial charge in [-0.05, 0) is 25.5 Å². The molecule has 32 heavy (non-hydrogen) atoms. The molecule has 1 N–H and O–H groups in total. The van der Waals surface area contributed by atoms with E-state index in [0.717, 1.165) is 6.20 Å². The second kappa shape index (κ2) is 7.26. The molecule has 3 aromatic heterocycles. The number of halogens is 2. The van der Waals surface area contributed by atoms with Gasteiger partial charge in [-0.1, -0.05) is 24.3 Å². The fraction of sp³-hybridized carbons (Fsp3) is 0.182. The fourth-order valence-electron chi connectivity index (χ4n) is 3.81. The van der Waals surface area contributed by atoms with Crippen molar-refractivity contribution >= 4 is 22.8 Å². The lowest BCUT2D eigenvalue weighted by Crippen LogP contribution is -2.31. The van der Waals surface area contributed by atoms with E-state index in [1.165, 1.54) is 16.8 Å². The minimum Gasteiger partial charge on any atom is -0.308 e. The van der Waals surface area contributed by atoms with E-state index >= 15 is 0 Å². The van der Waals surface area contributed by atoms with Crippen LogP contribution in [0.3, 0.4) is 0 Å². The maximum atomic E-state index is 14.2. The van der Waals surface area contributed by atoms with Crippen LogP contribution in [0.25, 0.3) is 22.6 Å². The molecule has 1 aromatic carbocycles. The Labute approximate surface area is 181 Å². The van der Waals surface area contributed by atoms with Crippen LogP contribution in [0.2, 0.25) is 0 Å². The van der Waals surface area contributed by atoms with Gasteiger partial charge >= 0.3 is 0 Å². The highest BCUT2D eigenvalue weighted by Gasteiger charge is 2.45. The number of amides is 1.